The highest BCUT2D eigenvalue weighted by atomic mass is 32.2. The van der Waals surface area contributed by atoms with Crippen molar-refractivity contribution in [2.24, 2.45) is 0 Å². The number of carbonyl (C=O) groups excluding carboxylic acids is 3. The predicted octanol–water partition coefficient (Wildman–Crippen LogP) is 1.29. The number of benzene rings is 1. The Bertz CT molecular complexity index is 665. The Morgan fingerprint density at radius 1 is 0.926 bits per heavy atom. The van der Waals surface area contributed by atoms with E-state index in [1.807, 2.05) is 30.3 Å². The minimum atomic E-state index is -1.12. The van der Waals surface area contributed by atoms with E-state index in [2.05, 4.69) is 0 Å². The molecule has 0 amide bonds. The number of aliphatic hydroxyl groups excluding tert-OH is 1. The van der Waals surface area contributed by atoms with Crippen molar-refractivity contribution in [3.8, 4) is 0 Å². The van der Waals surface area contributed by atoms with Crippen molar-refractivity contribution >= 4 is 29.7 Å². The van der Waals surface area contributed by atoms with Crippen molar-refractivity contribution in [1.82, 2.24) is 0 Å². The monoisotopic (exact) mass is 398 g/mol. The fourth-order valence-electron chi connectivity index (χ4n) is 2.73. The number of ether oxygens (including phenoxy) is 4. The quantitative estimate of drug-likeness (QED) is 0.560. The molecule has 27 heavy (non-hydrogen) atoms. The molecule has 9 heteroatoms. The van der Waals surface area contributed by atoms with Gasteiger partial charge in [-0.1, -0.05) is 30.0 Å². The van der Waals surface area contributed by atoms with Gasteiger partial charge in [-0.15, -0.1) is 0 Å². The highest BCUT2D eigenvalue weighted by Gasteiger charge is 2.51. The molecule has 0 bridgehead atoms. The van der Waals surface area contributed by atoms with Crippen LogP contribution in [0.15, 0.2) is 35.2 Å². The molecule has 0 spiro atoms. The van der Waals surface area contributed by atoms with Crippen molar-refractivity contribution in [2.45, 2.75) is 55.5 Å². The summed E-state index contributed by atoms with van der Waals surface area (Å²) in [4.78, 5) is 35.6. The molecular weight excluding hydrogens is 376 g/mol. The molecule has 1 saturated heterocycles. The van der Waals surface area contributed by atoms with Crippen LogP contribution >= 0.6 is 11.8 Å². The number of esters is 3. The van der Waals surface area contributed by atoms with Crippen LogP contribution in [0.3, 0.4) is 0 Å². The van der Waals surface area contributed by atoms with Gasteiger partial charge >= 0.3 is 17.9 Å². The van der Waals surface area contributed by atoms with E-state index in [0.29, 0.717) is 0 Å². The Kier molecular flexibility index (Phi) is 7.64. The van der Waals surface area contributed by atoms with E-state index < -0.39 is 54.4 Å². The number of aliphatic hydroxyl groups is 1. The Balaban J connectivity index is 2.38. The molecule has 1 aromatic carbocycles. The number of hydrogen-bond donors (Lipinski definition) is 1. The lowest BCUT2D eigenvalue weighted by molar-refractivity contribution is -0.236. The smallest absolute Gasteiger partial charge is 0.303 e. The van der Waals surface area contributed by atoms with Crippen LogP contribution in [-0.2, 0) is 33.3 Å². The second-order valence-corrected chi connectivity index (χ2v) is 7.05. The Morgan fingerprint density at radius 3 is 1.96 bits per heavy atom. The number of hydrogen-bond acceptors (Lipinski definition) is 9. The molecule has 1 N–H and O–H groups in total. The molecule has 0 aromatic heterocycles. The normalized spacial score (nSPS) is 27.5. The SMILES string of the molecule is CC(=O)O[C@H]1[C@@H](OC(C)=O)[C@@H](CO)O[C@@H](Sc2ccccc2)[C@@H]1OC(C)=O. The molecule has 2 rings (SSSR count). The molecule has 1 aliphatic heterocycles. The van der Waals surface area contributed by atoms with E-state index in [0.717, 1.165) is 4.90 Å². The molecule has 0 saturated carbocycles. The molecule has 1 heterocycles. The molecule has 5 atom stereocenters. The zero-order valence-corrected chi connectivity index (χ0v) is 16.0. The third-order valence-electron chi connectivity index (χ3n) is 3.67. The first-order valence-corrected chi connectivity index (χ1v) is 9.19. The molecule has 0 aliphatic carbocycles. The van der Waals surface area contributed by atoms with Crippen molar-refractivity contribution in [2.75, 3.05) is 6.61 Å². The molecule has 1 aliphatic rings. The van der Waals surface area contributed by atoms with E-state index in [1.54, 1.807) is 0 Å². The fraction of sp³-hybridized carbons (Fsp3) is 0.500. The Morgan fingerprint density at radius 2 is 1.44 bits per heavy atom. The Labute approximate surface area is 161 Å². The number of carbonyl (C=O) groups is 3. The molecule has 0 radical (unpaired) electrons. The predicted molar refractivity (Wildman–Crippen MR) is 94.7 cm³/mol. The lowest BCUT2D eigenvalue weighted by atomic mass is 9.99. The molecule has 1 aromatic rings. The summed E-state index contributed by atoms with van der Waals surface area (Å²) in [5.74, 6) is -1.89. The van der Waals surface area contributed by atoms with Crippen molar-refractivity contribution in [3.63, 3.8) is 0 Å². The van der Waals surface area contributed by atoms with E-state index >= 15 is 0 Å². The maximum absolute atomic E-state index is 11.6. The zero-order valence-electron chi connectivity index (χ0n) is 15.2. The van der Waals surface area contributed by atoms with Crippen molar-refractivity contribution in [1.29, 1.82) is 0 Å². The molecule has 8 nitrogen and oxygen atoms in total. The topological polar surface area (TPSA) is 108 Å². The summed E-state index contributed by atoms with van der Waals surface area (Å²) in [5, 5.41) is 9.70. The van der Waals surface area contributed by atoms with Gasteiger partial charge < -0.3 is 24.1 Å². The van der Waals surface area contributed by atoms with Gasteiger partial charge in [0, 0.05) is 25.7 Å². The van der Waals surface area contributed by atoms with Crippen molar-refractivity contribution < 1.29 is 38.4 Å². The van der Waals surface area contributed by atoms with E-state index in [-0.39, 0.29) is 0 Å². The summed E-state index contributed by atoms with van der Waals surface area (Å²) >= 11 is 1.24. The maximum Gasteiger partial charge on any atom is 0.303 e. The maximum atomic E-state index is 11.6. The van der Waals surface area contributed by atoms with Crippen LogP contribution in [0.1, 0.15) is 20.8 Å². The first-order chi connectivity index (χ1) is 12.8. The van der Waals surface area contributed by atoms with Gasteiger partial charge in [0.05, 0.1) is 6.61 Å². The standard InChI is InChI=1S/C18H22O8S/c1-10(20)23-15-14(9-19)26-18(27-13-7-5-4-6-8-13)17(25-12(3)22)16(15)24-11(2)21/h4-8,14-19H,9H2,1-3H3/t14-,15+,16+,17-,18+/m1/s1. The molecule has 148 valence electrons. The minimum Gasteiger partial charge on any atom is -0.456 e. The summed E-state index contributed by atoms with van der Waals surface area (Å²) in [7, 11) is 0. The van der Waals surface area contributed by atoms with Gasteiger partial charge in [-0.25, -0.2) is 0 Å². The van der Waals surface area contributed by atoms with E-state index in [1.165, 1.54) is 32.5 Å². The summed E-state index contributed by atoms with van der Waals surface area (Å²) < 4.78 is 21.7. The third kappa shape index (κ3) is 5.95. The first-order valence-electron chi connectivity index (χ1n) is 8.31. The Hall–Kier alpha value is -2.10. The van der Waals surface area contributed by atoms with Crippen LogP contribution in [0.4, 0.5) is 0 Å². The first kappa shape index (κ1) is 21.2. The van der Waals surface area contributed by atoms with Gasteiger partial charge in [-0.05, 0) is 12.1 Å². The van der Waals surface area contributed by atoms with Gasteiger partial charge in [0.2, 0.25) is 0 Å². The van der Waals surface area contributed by atoms with Crippen LogP contribution in [0.2, 0.25) is 0 Å². The van der Waals surface area contributed by atoms with Gasteiger partial charge in [-0.2, -0.15) is 0 Å². The molecule has 1 fully saturated rings. The van der Waals surface area contributed by atoms with Crippen LogP contribution in [-0.4, -0.2) is 59.5 Å². The summed E-state index contributed by atoms with van der Waals surface area (Å²) in [6.07, 6.45) is -4.23. The largest absolute Gasteiger partial charge is 0.456 e. The number of rotatable bonds is 6. The van der Waals surface area contributed by atoms with Crippen LogP contribution in [0.25, 0.3) is 0 Å². The van der Waals surface area contributed by atoms with Gasteiger partial charge in [0.15, 0.2) is 18.3 Å². The van der Waals surface area contributed by atoms with E-state index in [4.69, 9.17) is 18.9 Å². The number of thioether (sulfide) groups is 1. The highest BCUT2D eigenvalue weighted by molar-refractivity contribution is 7.99. The summed E-state index contributed by atoms with van der Waals surface area (Å²) in [5.41, 5.74) is -0.787. The van der Waals surface area contributed by atoms with E-state index in [9.17, 15) is 19.5 Å². The van der Waals surface area contributed by atoms with Crippen LogP contribution in [0, 0.1) is 0 Å². The second-order valence-electron chi connectivity index (χ2n) is 5.88. The highest BCUT2D eigenvalue weighted by Crippen LogP contribution is 2.37. The van der Waals surface area contributed by atoms with Gasteiger partial charge in [0.25, 0.3) is 0 Å². The fourth-order valence-corrected chi connectivity index (χ4v) is 3.86. The van der Waals surface area contributed by atoms with Gasteiger partial charge in [0.1, 0.15) is 11.5 Å². The van der Waals surface area contributed by atoms with Crippen LogP contribution < -0.4 is 0 Å². The van der Waals surface area contributed by atoms with Gasteiger partial charge in [-0.3, -0.25) is 14.4 Å². The summed E-state index contributed by atoms with van der Waals surface area (Å²) in [6, 6.07) is 9.20. The average molecular weight is 398 g/mol. The molecule has 0 unspecified atom stereocenters. The zero-order chi connectivity index (χ0) is 20.0. The van der Waals surface area contributed by atoms with Crippen LogP contribution in [0.5, 0.6) is 0 Å². The third-order valence-corrected chi connectivity index (χ3v) is 4.83. The lowest BCUT2D eigenvalue weighted by Crippen LogP contribution is -2.61. The average Bonchev–Trinajstić information content (AvgIpc) is 2.59. The van der Waals surface area contributed by atoms with Crippen molar-refractivity contribution in [3.05, 3.63) is 30.3 Å². The minimum absolute atomic E-state index is 0.478. The lowest BCUT2D eigenvalue weighted by Gasteiger charge is -2.43. The molecular formula is C18H22O8S. The summed E-state index contributed by atoms with van der Waals surface area (Å²) in [6.45, 7) is 3.12. The second kappa shape index (κ2) is 9.72.